The number of carbonyl (C=O) groups excluding carboxylic acids is 2. The van der Waals surface area contributed by atoms with Crippen LogP contribution in [0.5, 0.6) is 0 Å². The Balaban J connectivity index is 2.55. The van der Waals surface area contributed by atoms with Gasteiger partial charge in [0.1, 0.15) is 12.1 Å². The molecule has 2 amide bonds. The quantitative estimate of drug-likeness (QED) is 0.650. The molecule has 0 aromatic heterocycles. The number of carboxylic acids is 1. The van der Waals surface area contributed by atoms with Crippen molar-refractivity contribution in [2.24, 2.45) is 5.92 Å². The van der Waals surface area contributed by atoms with Gasteiger partial charge in [-0.25, -0.2) is 4.79 Å². The summed E-state index contributed by atoms with van der Waals surface area (Å²) in [5.41, 5.74) is 0. The number of hydrogen-bond acceptors (Lipinski definition) is 4. The topological polar surface area (TPSA) is 95.5 Å². The van der Waals surface area contributed by atoms with Gasteiger partial charge in [0.15, 0.2) is 0 Å². The molecule has 1 aliphatic heterocycles. The maximum Gasteiger partial charge on any atom is 0.326 e. The fourth-order valence-corrected chi connectivity index (χ4v) is 2.07. The van der Waals surface area contributed by atoms with Crippen molar-refractivity contribution in [1.82, 2.24) is 10.6 Å². The minimum Gasteiger partial charge on any atom is -0.480 e. The predicted octanol–water partition coefficient (Wildman–Crippen LogP) is 0.0368. The number of aliphatic carboxylic acids is 1. The lowest BCUT2D eigenvalue weighted by Crippen LogP contribution is -2.51. The van der Waals surface area contributed by atoms with Crippen LogP contribution in [0, 0.1) is 5.92 Å². The van der Waals surface area contributed by atoms with Crippen LogP contribution in [0.15, 0.2) is 0 Å². The highest BCUT2D eigenvalue weighted by Crippen LogP contribution is 2.13. The summed E-state index contributed by atoms with van der Waals surface area (Å²) in [4.78, 5) is 33.3. The Bertz CT molecular complexity index is 319. The molecule has 2 atom stereocenters. The number of carboxylic acid groups (broad SMARTS) is 1. The molecule has 1 unspecified atom stereocenters. The van der Waals surface area contributed by atoms with Crippen LogP contribution in [0.4, 0.5) is 4.79 Å². The molecule has 3 N–H and O–H groups in total. The van der Waals surface area contributed by atoms with Crippen molar-refractivity contribution in [3.63, 3.8) is 0 Å². The molecule has 1 saturated heterocycles. The van der Waals surface area contributed by atoms with E-state index in [9.17, 15) is 14.4 Å². The molecule has 1 heterocycles. The lowest BCUT2D eigenvalue weighted by molar-refractivity contribution is -0.143. The summed E-state index contributed by atoms with van der Waals surface area (Å²) in [7, 11) is 0. The number of carbonyl (C=O) groups is 3. The van der Waals surface area contributed by atoms with E-state index in [0.29, 0.717) is 5.75 Å². The van der Waals surface area contributed by atoms with Gasteiger partial charge in [-0.15, -0.1) is 0 Å². The van der Waals surface area contributed by atoms with Crippen molar-refractivity contribution in [3.8, 4) is 0 Å². The third-order valence-corrected chi connectivity index (χ3v) is 3.10. The molecule has 1 aliphatic rings. The average molecular weight is 246 g/mol. The summed E-state index contributed by atoms with van der Waals surface area (Å²) in [6, 6.07) is -1.55. The SMILES string of the molecule is CC(C)[C@H](NC(=O)C1CSC(=O)N1)C(=O)O. The molecule has 0 aromatic rings. The first kappa shape index (κ1) is 12.8. The number of rotatable bonds is 4. The molecular weight excluding hydrogens is 232 g/mol. The lowest BCUT2D eigenvalue weighted by atomic mass is 10.0. The van der Waals surface area contributed by atoms with E-state index in [0.717, 1.165) is 11.8 Å². The van der Waals surface area contributed by atoms with Gasteiger partial charge in [0.05, 0.1) is 0 Å². The van der Waals surface area contributed by atoms with Gasteiger partial charge in [0, 0.05) is 5.75 Å². The molecule has 0 bridgehead atoms. The van der Waals surface area contributed by atoms with Crippen molar-refractivity contribution in [3.05, 3.63) is 0 Å². The van der Waals surface area contributed by atoms with Crippen LogP contribution in [-0.4, -0.2) is 40.1 Å². The molecule has 0 aromatic carbocycles. The third-order valence-electron chi connectivity index (χ3n) is 2.22. The standard InChI is InChI=1S/C9H14N2O4S/c1-4(2)6(8(13)14)11-7(12)5-3-16-9(15)10-5/h4-6H,3H2,1-2H3,(H,10,15)(H,11,12)(H,13,14)/t5?,6-/m0/s1. The van der Waals surface area contributed by atoms with Crippen LogP contribution >= 0.6 is 11.8 Å². The average Bonchev–Trinajstić information content (AvgIpc) is 2.59. The van der Waals surface area contributed by atoms with Crippen molar-refractivity contribution < 1.29 is 19.5 Å². The fraction of sp³-hybridized carbons (Fsp3) is 0.667. The van der Waals surface area contributed by atoms with Crippen LogP contribution in [0.2, 0.25) is 0 Å². The van der Waals surface area contributed by atoms with Gasteiger partial charge in [0.2, 0.25) is 5.91 Å². The lowest BCUT2D eigenvalue weighted by Gasteiger charge is -2.19. The molecule has 6 nitrogen and oxygen atoms in total. The molecule has 0 radical (unpaired) electrons. The molecule has 1 fully saturated rings. The summed E-state index contributed by atoms with van der Waals surface area (Å²) in [6.45, 7) is 3.42. The van der Waals surface area contributed by atoms with Gasteiger partial charge >= 0.3 is 5.97 Å². The zero-order valence-corrected chi connectivity index (χ0v) is 9.84. The second-order valence-corrected chi connectivity index (χ2v) is 4.86. The number of hydrogen-bond donors (Lipinski definition) is 3. The van der Waals surface area contributed by atoms with Crippen molar-refractivity contribution in [1.29, 1.82) is 0 Å². The largest absolute Gasteiger partial charge is 0.480 e. The summed E-state index contributed by atoms with van der Waals surface area (Å²) < 4.78 is 0. The molecule has 0 saturated carbocycles. The number of nitrogens with one attached hydrogen (secondary N) is 2. The van der Waals surface area contributed by atoms with Gasteiger partial charge in [-0.1, -0.05) is 25.6 Å². The van der Waals surface area contributed by atoms with Crippen LogP contribution in [-0.2, 0) is 9.59 Å². The van der Waals surface area contributed by atoms with Gasteiger partial charge in [0.25, 0.3) is 5.24 Å². The third kappa shape index (κ3) is 3.13. The second kappa shape index (κ2) is 5.20. The summed E-state index contributed by atoms with van der Waals surface area (Å²) in [5, 5.41) is 13.5. The Morgan fingerprint density at radius 1 is 1.56 bits per heavy atom. The predicted molar refractivity (Wildman–Crippen MR) is 59.2 cm³/mol. The molecule has 16 heavy (non-hydrogen) atoms. The van der Waals surface area contributed by atoms with Gasteiger partial charge in [-0.3, -0.25) is 9.59 Å². The molecule has 1 rings (SSSR count). The Hall–Kier alpha value is -1.24. The fourth-order valence-electron chi connectivity index (χ4n) is 1.29. The Morgan fingerprint density at radius 3 is 2.56 bits per heavy atom. The minimum absolute atomic E-state index is 0.203. The Labute approximate surface area is 97.2 Å². The van der Waals surface area contributed by atoms with Gasteiger partial charge in [-0.2, -0.15) is 0 Å². The monoisotopic (exact) mass is 246 g/mol. The van der Waals surface area contributed by atoms with E-state index < -0.39 is 24.0 Å². The van der Waals surface area contributed by atoms with E-state index in [-0.39, 0.29) is 11.2 Å². The highest BCUT2D eigenvalue weighted by atomic mass is 32.2. The van der Waals surface area contributed by atoms with Crippen molar-refractivity contribution in [2.75, 3.05) is 5.75 Å². The minimum atomic E-state index is -1.07. The molecule has 90 valence electrons. The number of amides is 2. The number of thioether (sulfide) groups is 1. The summed E-state index contributed by atoms with van der Waals surface area (Å²) in [5.74, 6) is -1.37. The van der Waals surface area contributed by atoms with E-state index in [4.69, 9.17) is 5.11 Å². The molecule has 0 aliphatic carbocycles. The van der Waals surface area contributed by atoms with Gasteiger partial charge < -0.3 is 15.7 Å². The van der Waals surface area contributed by atoms with E-state index in [1.54, 1.807) is 13.8 Å². The van der Waals surface area contributed by atoms with E-state index in [1.165, 1.54) is 0 Å². The second-order valence-electron chi connectivity index (χ2n) is 3.86. The van der Waals surface area contributed by atoms with Crippen molar-refractivity contribution in [2.45, 2.75) is 25.9 Å². The zero-order valence-electron chi connectivity index (χ0n) is 9.02. The first-order valence-electron chi connectivity index (χ1n) is 4.88. The Morgan fingerprint density at radius 2 is 2.19 bits per heavy atom. The molecule has 7 heteroatoms. The zero-order chi connectivity index (χ0) is 12.3. The smallest absolute Gasteiger partial charge is 0.326 e. The van der Waals surface area contributed by atoms with Crippen LogP contribution in [0.25, 0.3) is 0 Å². The van der Waals surface area contributed by atoms with E-state index in [1.807, 2.05) is 0 Å². The molecule has 0 spiro atoms. The summed E-state index contributed by atoms with van der Waals surface area (Å²) in [6.07, 6.45) is 0. The summed E-state index contributed by atoms with van der Waals surface area (Å²) >= 11 is 1.02. The highest BCUT2D eigenvalue weighted by Gasteiger charge is 2.31. The van der Waals surface area contributed by atoms with Crippen LogP contribution in [0.1, 0.15) is 13.8 Å². The van der Waals surface area contributed by atoms with Crippen LogP contribution < -0.4 is 10.6 Å². The first-order chi connectivity index (χ1) is 7.41. The van der Waals surface area contributed by atoms with Gasteiger partial charge in [-0.05, 0) is 5.92 Å². The normalized spacial score (nSPS) is 21.7. The van der Waals surface area contributed by atoms with E-state index >= 15 is 0 Å². The highest BCUT2D eigenvalue weighted by molar-refractivity contribution is 8.14. The van der Waals surface area contributed by atoms with Crippen molar-refractivity contribution >= 4 is 28.9 Å². The first-order valence-corrected chi connectivity index (χ1v) is 5.87. The maximum atomic E-state index is 11.6. The van der Waals surface area contributed by atoms with E-state index in [2.05, 4.69) is 10.6 Å². The van der Waals surface area contributed by atoms with Crippen LogP contribution in [0.3, 0.4) is 0 Å². The maximum absolute atomic E-state index is 11.6. The molecular formula is C9H14N2O4S. The Kier molecular flexibility index (Phi) is 4.17.